The largest absolute Gasteiger partial charge is 0.416 e. The van der Waals surface area contributed by atoms with Gasteiger partial charge in [0.25, 0.3) is 0 Å². The van der Waals surface area contributed by atoms with Gasteiger partial charge in [-0.25, -0.2) is 0 Å². The molecule has 1 unspecified atom stereocenters. The molecule has 2 aliphatic heterocycles. The zero-order valence-electron chi connectivity index (χ0n) is 13.5. The number of likely N-dealkylation sites (tertiary alicyclic amines) is 1. The van der Waals surface area contributed by atoms with Crippen molar-refractivity contribution in [1.82, 2.24) is 4.90 Å². The molecule has 0 aromatic heterocycles. The molecule has 0 saturated carbocycles. The van der Waals surface area contributed by atoms with Crippen LogP contribution in [0, 0.1) is 5.92 Å². The zero-order valence-corrected chi connectivity index (χ0v) is 15.1. The Morgan fingerprint density at radius 3 is 2.36 bits per heavy atom. The number of alkyl halides is 3. The van der Waals surface area contributed by atoms with E-state index in [2.05, 4.69) is 26.0 Å². The number of aliphatic hydroxyl groups is 1. The van der Waals surface area contributed by atoms with Gasteiger partial charge in [0.1, 0.15) is 10.7 Å². The number of oxime groups is 1. The highest BCUT2D eigenvalue weighted by Gasteiger charge is 2.34. The summed E-state index contributed by atoms with van der Waals surface area (Å²) in [6.45, 7) is 1.42. The van der Waals surface area contributed by atoms with E-state index in [-0.39, 0.29) is 18.8 Å². The van der Waals surface area contributed by atoms with Crippen LogP contribution in [-0.2, 0) is 11.0 Å². The Kier molecular flexibility index (Phi) is 5.70. The molecule has 0 aliphatic carbocycles. The SMILES string of the molecule is OC[C@H](c1ccc(C(F)(F)F)cc1)N1CCC(C2CC(Br)=NO2)CC1. The van der Waals surface area contributed by atoms with Crippen molar-refractivity contribution >= 4 is 20.6 Å². The molecule has 3 rings (SSSR count). The van der Waals surface area contributed by atoms with E-state index >= 15 is 0 Å². The van der Waals surface area contributed by atoms with E-state index in [1.54, 1.807) is 0 Å². The Balaban J connectivity index is 1.61. The van der Waals surface area contributed by atoms with Crippen LogP contribution in [0.15, 0.2) is 29.4 Å². The van der Waals surface area contributed by atoms with E-state index in [0.717, 1.165) is 49.1 Å². The molecule has 4 nitrogen and oxygen atoms in total. The second kappa shape index (κ2) is 7.63. The number of benzene rings is 1. The smallest absolute Gasteiger partial charge is 0.394 e. The molecule has 0 spiro atoms. The minimum atomic E-state index is -4.34. The summed E-state index contributed by atoms with van der Waals surface area (Å²) in [4.78, 5) is 7.55. The van der Waals surface area contributed by atoms with Gasteiger partial charge in [-0.2, -0.15) is 13.2 Å². The fourth-order valence-corrected chi connectivity index (χ4v) is 3.95. The first kappa shape index (κ1) is 18.7. The van der Waals surface area contributed by atoms with Gasteiger partial charge in [0.2, 0.25) is 0 Å². The third kappa shape index (κ3) is 4.35. The first-order valence-electron chi connectivity index (χ1n) is 8.28. The van der Waals surface area contributed by atoms with Crippen LogP contribution in [0.3, 0.4) is 0 Å². The van der Waals surface area contributed by atoms with E-state index in [1.807, 2.05) is 0 Å². The topological polar surface area (TPSA) is 45.1 Å². The maximum Gasteiger partial charge on any atom is 0.416 e. The van der Waals surface area contributed by atoms with Crippen LogP contribution in [0.5, 0.6) is 0 Å². The molecule has 1 fully saturated rings. The van der Waals surface area contributed by atoms with Crippen LogP contribution in [-0.4, -0.2) is 40.4 Å². The van der Waals surface area contributed by atoms with E-state index in [1.165, 1.54) is 12.1 Å². The van der Waals surface area contributed by atoms with Gasteiger partial charge >= 0.3 is 6.18 Å². The number of halogens is 4. The van der Waals surface area contributed by atoms with Crippen LogP contribution in [0.4, 0.5) is 13.2 Å². The molecule has 0 radical (unpaired) electrons. The highest BCUT2D eigenvalue weighted by atomic mass is 79.9. The average molecular weight is 421 g/mol. The number of piperidine rings is 1. The monoisotopic (exact) mass is 420 g/mol. The van der Waals surface area contributed by atoms with Crippen molar-refractivity contribution in [3.63, 3.8) is 0 Å². The summed E-state index contributed by atoms with van der Waals surface area (Å²) in [5.74, 6) is 0.405. The second-order valence-electron chi connectivity index (χ2n) is 6.51. The third-order valence-electron chi connectivity index (χ3n) is 4.99. The van der Waals surface area contributed by atoms with Crippen molar-refractivity contribution in [2.45, 2.75) is 37.6 Å². The second-order valence-corrected chi connectivity index (χ2v) is 7.42. The van der Waals surface area contributed by atoms with Crippen molar-refractivity contribution in [2.75, 3.05) is 19.7 Å². The summed E-state index contributed by atoms with van der Waals surface area (Å²) < 4.78 is 38.9. The molecule has 8 heteroatoms. The van der Waals surface area contributed by atoms with Crippen LogP contribution in [0.1, 0.15) is 36.4 Å². The minimum absolute atomic E-state index is 0.0928. The first-order valence-corrected chi connectivity index (χ1v) is 9.08. The van der Waals surface area contributed by atoms with Gasteiger partial charge in [0.15, 0.2) is 0 Å². The van der Waals surface area contributed by atoms with Crippen molar-refractivity contribution in [3.8, 4) is 0 Å². The Labute approximate surface area is 152 Å². The molecule has 1 aromatic rings. The summed E-state index contributed by atoms with van der Waals surface area (Å²) in [6.07, 6.45) is -1.64. The van der Waals surface area contributed by atoms with Crippen molar-refractivity contribution < 1.29 is 23.1 Å². The highest BCUT2D eigenvalue weighted by Crippen LogP contribution is 2.34. The van der Waals surface area contributed by atoms with Crippen LogP contribution in [0.2, 0.25) is 0 Å². The normalized spacial score (nSPS) is 24.0. The van der Waals surface area contributed by atoms with Crippen LogP contribution < -0.4 is 0 Å². The lowest BCUT2D eigenvalue weighted by Gasteiger charge is -2.38. The number of hydrogen-bond acceptors (Lipinski definition) is 4. The fourth-order valence-electron chi connectivity index (χ4n) is 3.55. The molecule has 1 aromatic carbocycles. The third-order valence-corrected chi connectivity index (χ3v) is 5.46. The number of hydrogen-bond donors (Lipinski definition) is 1. The predicted molar refractivity (Wildman–Crippen MR) is 91.4 cm³/mol. The number of rotatable bonds is 4. The van der Waals surface area contributed by atoms with Crippen LogP contribution in [0.25, 0.3) is 0 Å². The summed E-state index contributed by atoms with van der Waals surface area (Å²) in [5, 5.41) is 13.7. The Bertz CT molecular complexity index is 613. The molecule has 25 heavy (non-hydrogen) atoms. The van der Waals surface area contributed by atoms with E-state index in [4.69, 9.17) is 4.84 Å². The summed E-state index contributed by atoms with van der Waals surface area (Å²) in [6, 6.07) is 4.79. The molecule has 0 amide bonds. The molecule has 2 atom stereocenters. The minimum Gasteiger partial charge on any atom is -0.394 e. The van der Waals surface area contributed by atoms with Gasteiger partial charge in [-0.3, -0.25) is 4.90 Å². The number of aliphatic hydroxyl groups excluding tert-OH is 1. The maximum absolute atomic E-state index is 12.7. The zero-order chi connectivity index (χ0) is 18.0. The summed E-state index contributed by atoms with van der Waals surface area (Å²) in [7, 11) is 0. The molecular weight excluding hydrogens is 401 g/mol. The first-order chi connectivity index (χ1) is 11.9. The summed E-state index contributed by atoms with van der Waals surface area (Å²) in [5.41, 5.74) is 0.0350. The van der Waals surface area contributed by atoms with Crippen LogP contribution >= 0.6 is 15.9 Å². The lowest BCUT2D eigenvalue weighted by atomic mass is 9.88. The molecule has 2 heterocycles. The Morgan fingerprint density at radius 1 is 1.24 bits per heavy atom. The predicted octanol–water partition coefficient (Wildman–Crippen LogP) is 3.95. The maximum atomic E-state index is 12.7. The standard InChI is InChI=1S/C17H20BrF3N2O2/c18-16-9-15(25-22-16)12-5-7-23(8-6-12)14(10-24)11-1-3-13(4-2-11)17(19,20)21/h1-4,12,14-15,24H,5-10H2/t14-,15?/m1/s1. The van der Waals surface area contributed by atoms with Gasteiger partial charge in [0, 0.05) is 12.3 Å². The van der Waals surface area contributed by atoms with Gasteiger partial charge in [-0.1, -0.05) is 17.3 Å². The van der Waals surface area contributed by atoms with E-state index in [9.17, 15) is 18.3 Å². The lowest BCUT2D eigenvalue weighted by Crippen LogP contribution is -2.41. The molecule has 1 N–H and O–H groups in total. The molecule has 138 valence electrons. The quantitative estimate of drug-likeness (QED) is 0.801. The Hall–Kier alpha value is -1.12. The molecular formula is C17H20BrF3N2O2. The fraction of sp³-hybridized carbons (Fsp3) is 0.588. The van der Waals surface area contributed by atoms with Crippen molar-refractivity contribution in [2.24, 2.45) is 11.1 Å². The van der Waals surface area contributed by atoms with Crippen molar-refractivity contribution in [3.05, 3.63) is 35.4 Å². The molecule has 0 bridgehead atoms. The number of nitrogens with zero attached hydrogens (tertiary/aromatic N) is 2. The van der Waals surface area contributed by atoms with Crippen molar-refractivity contribution in [1.29, 1.82) is 0 Å². The molecule has 2 aliphatic rings. The molecule has 1 saturated heterocycles. The van der Waals surface area contributed by atoms with Gasteiger partial charge in [-0.15, -0.1) is 0 Å². The highest BCUT2D eigenvalue weighted by molar-refractivity contribution is 9.18. The average Bonchev–Trinajstić information content (AvgIpc) is 3.02. The van der Waals surface area contributed by atoms with E-state index < -0.39 is 11.7 Å². The van der Waals surface area contributed by atoms with Gasteiger partial charge < -0.3 is 9.94 Å². The summed E-state index contributed by atoms with van der Waals surface area (Å²) >= 11 is 3.34. The van der Waals surface area contributed by atoms with Gasteiger partial charge in [-0.05, 0) is 59.6 Å². The van der Waals surface area contributed by atoms with E-state index in [0.29, 0.717) is 11.5 Å². The Morgan fingerprint density at radius 2 is 1.88 bits per heavy atom. The van der Waals surface area contributed by atoms with Gasteiger partial charge in [0.05, 0.1) is 18.2 Å². The lowest BCUT2D eigenvalue weighted by molar-refractivity contribution is -0.137.